The normalized spacial score (nSPS) is 20.2. The van der Waals surface area contributed by atoms with Gasteiger partial charge in [0.05, 0.1) is 56.6 Å². The summed E-state index contributed by atoms with van der Waals surface area (Å²) in [6.45, 7) is 10.5. The third kappa shape index (κ3) is 9.28. The van der Waals surface area contributed by atoms with Crippen LogP contribution in [0.15, 0.2) is 60.9 Å². The molecule has 0 spiro atoms. The minimum atomic E-state index is -1.04. The van der Waals surface area contributed by atoms with Crippen LogP contribution in [0, 0.1) is 11.8 Å². The Morgan fingerprint density at radius 1 is 0.729 bits per heavy atom. The first kappa shape index (κ1) is 42.9. The number of alkyl carbamates (subject to hydrolysis) is 2. The molecule has 4 amide bonds. The van der Waals surface area contributed by atoms with Gasteiger partial charge in [-0.2, -0.15) is 0 Å². The number of rotatable bonds is 14. The molecule has 59 heavy (non-hydrogen) atoms. The van der Waals surface area contributed by atoms with Gasteiger partial charge in [0, 0.05) is 26.7 Å². The van der Waals surface area contributed by atoms with E-state index in [0.717, 1.165) is 46.5 Å². The highest BCUT2D eigenvalue weighted by molar-refractivity contribution is 5.87. The molecule has 2 aromatic heterocycles. The highest BCUT2D eigenvalue weighted by Gasteiger charge is 2.50. The van der Waals surface area contributed by atoms with Crippen molar-refractivity contribution in [1.29, 1.82) is 0 Å². The summed E-state index contributed by atoms with van der Waals surface area (Å²) in [5, 5.41) is 5.38. The number of methoxy groups -OCH3 is 3. The molecule has 4 N–H and O–H groups in total. The van der Waals surface area contributed by atoms with Gasteiger partial charge in [-0.1, -0.05) is 76.2 Å². The summed E-state index contributed by atoms with van der Waals surface area (Å²) in [5.41, 5.74) is 5.56. The molecule has 2 saturated heterocycles. The summed E-state index contributed by atoms with van der Waals surface area (Å²) in [5.74, 6) is -0.498. The summed E-state index contributed by atoms with van der Waals surface area (Å²) >= 11 is 0. The van der Waals surface area contributed by atoms with Gasteiger partial charge in [-0.3, -0.25) is 9.59 Å². The fourth-order valence-corrected chi connectivity index (χ4v) is 7.95. The molecule has 0 bridgehead atoms. The number of nitrogens with one attached hydrogen (secondary N) is 4. The number of aromatic nitrogens is 4. The lowest BCUT2D eigenvalue weighted by Crippen LogP contribution is -2.52. The summed E-state index contributed by atoms with van der Waals surface area (Å²) in [4.78, 5) is 71.4. The van der Waals surface area contributed by atoms with E-state index < -0.39 is 36.1 Å². The fourth-order valence-electron chi connectivity index (χ4n) is 7.95. The SMILES string of the molecule is CCOC1(OC)C[C@@H](c2ncc(-c3ccc(-c4ccc(-c5cnc([C@@H]6CCCN6C(=O)[C@@H](NC(=O)OC)C(C)C)[nH]5)cc4)cc3)[nH]2)N(C(=O)C(NC(=O)OC)C(C)C)C1. The van der Waals surface area contributed by atoms with Crippen molar-refractivity contribution in [2.75, 3.05) is 41.0 Å². The maximum atomic E-state index is 14.0. The molecule has 2 aromatic carbocycles. The average Bonchev–Trinajstić information content (AvgIpc) is 4.08. The van der Waals surface area contributed by atoms with Gasteiger partial charge in [0.15, 0.2) is 5.79 Å². The second-order valence-corrected chi connectivity index (χ2v) is 15.7. The zero-order valence-corrected chi connectivity index (χ0v) is 35.0. The highest BCUT2D eigenvalue weighted by atomic mass is 16.7. The summed E-state index contributed by atoms with van der Waals surface area (Å²) in [7, 11) is 4.12. The Morgan fingerprint density at radius 2 is 1.19 bits per heavy atom. The quantitative estimate of drug-likeness (QED) is 0.106. The van der Waals surface area contributed by atoms with Crippen LogP contribution in [0.25, 0.3) is 33.6 Å². The summed E-state index contributed by atoms with van der Waals surface area (Å²) in [6, 6.07) is 14.1. The minimum absolute atomic E-state index is 0.114. The second-order valence-electron chi connectivity index (χ2n) is 15.7. The Labute approximate surface area is 344 Å². The van der Waals surface area contributed by atoms with E-state index in [2.05, 4.69) is 37.7 Å². The smallest absolute Gasteiger partial charge is 0.407 e. The predicted molar refractivity (Wildman–Crippen MR) is 219 cm³/mol. The molecule has 4 aromatic rings. The zero-order chi connectivity index (χ0) is 42.4. The van der Waals surface area contributed by atoms with Gasteiger partial charge >= 0.3 is 12.2 Å². The van der Waals surface area contributed by atoms with E-state index in [1.54, 1.807) is 29.3 Å². The lowest BCUT2D eigenvalue weighted by Gasteiger charge is -2.30. The maximum absolute atomic E-state index is 14.0. The molecule has 5 atom stereocenters. The van der Waals surface area contributed by atoms with E-state index in [-0.39, 0.29) is 36.2 Å². The third-order valence-electron chi connectivity index (χ3n) is 11.2. The van der Waals surface area contributed by atoms with Crippen LogP contribution in [0.5, 0.6) is 0 Å². The Morgan fingerprint density at radius 3 is 1.63 bits per heavy atom. The number of H-pyrrole nitrogens is 2. The molecule has 0 saturated carbocycles. The Bertz CT molecular complexity index is 2080. The van der Waals surface area contributed by atoms with Crippen molar-refractivity contribution in [2.45, 2.75) is 83.8 Å². The van der Waals surface area contributed by atoms with Crippen molar-refractivity contribution in [1.82, 2.24) is 40.4 Å². The largest absolute Gasteiger partial charge is 0.453 e. The lowest BCUT2D eigenvalue weighted by molar-refractivity contribution is -0.210. The number of likely N-dealkylation sites (tertiary alicyclic amines) is 2. The lowest BCUT2D eigenvalue weighted by atomic mass is 10.0. The molecule has 2 aliphatic rings. The summed E-state index contributed by atoms with van der Waals surface area (Å²) < 4.78 is 21.5. The van der Waals surface area contributed by atoms with E-state index >= 15 is 0 Å². The minimum Gasteiger partial charge on any atom is -0.453 e. The topological polar surface area (TPSA) is 193 Å². The Balaban J connectivity index is 1.15. The first-order valence-corrected chi connectivity index (χ1v) is 20.1. The predicted octanol–water partition coefficient (Wildman–Crippen LogP) is 6.21. The van der Waals surface area contributed by atoms with E-state index in [0.29, 0.717) is 31.2 Å². The number of hydrogen-bond acceptors (Lipinski definition) is 10. The van der Waals surface area contributed by atoms with Gasteiger partial charge in [0.25, 0.3) is 0 Å². The Hall–Kier alpha value is -5.74. The van der Waals surface area contributed by atoms with Crippen LogP contribution < -0.4 is 10.6 Å². The zero-order valence-electron chi connectivity index (χ0n) is 35.0. The van der Waals surface area contributed by atoms with Gasteiger partial charge in [-0.05, 0) is 53.9 Å². The van der Waals surface area contributed by atoms with Crippen molar-refractivity contribution in [3.05, 3.63) is 72.6 Å². The number of nitrogens with zero attached hydrogens (tertiary/aromatic N) is 4. The molecule has 16 heteroatoms. The van der Waals surface area contributed by atoms with E-state index in [1.165, 1.54) is 14.2 Å². The molecular weight excluding hydrogens is 757 g/mol. The number of carbonyl (C=O) groups excluding carboxylic acids is 4. The number of aromatic amines is 2. The first-order chi connectivity index (χ1) is 28.3. The second kappa shape index (κ2) is 18.5. The molecular formula is C43H56N8O8. The van der Waals surface area contributed by atoms with Gasteiger partial charge in [-0.15, -0.1) is 0 Å². The van der Waals surface area contributed by atoms with Crippen LogP contribution in [0.4, 0.5) is 9.59 Å². The van der Waals surface area contributed by atoms with Crippen molar-refractivity contribution < 1.29 is 38.1 Å². The molecule has 0 aliphatic carbocycles. The van der Waals surface area contributed by atoms with Crippen LogP contribution in [0.1, 0.15) is 77.6 Å². The fraction of sp³-hybridized carbons (Fsp3) is 0.488. The van der Waals surface area contributed by atoms with Gasteiger partial charge in [0.2, 0.25) is 11.8 Å². The monoisotopic (exact) mass is 812 g/mol. The molecule has 316 valence electrons. The van der Waals surface area contributed by atoms with E-state index in [4.69, 9.17) is 23.9 Å². The van der Waals surface area contributed by atoms with Crippen LogP contribution in [0.2, 0.25) is 0 Å². The molecule has 6 rings (SSSR count). The van der Waals surface area contributed by atoms with Gasteiger partial charge in [0.1, 0.15) is 23.7 Å². The maximum Gasteiger partial charge on any atom is 0.407 e. The van der Waals surface area contributed by atoms with Crippen molar-refractivity contribution in [3.63, 3.8) is 0 Å². The van der Waals surface area contributed by atoms with Crippen LogP contribution in [-0.2, 0) is 28.5 Å². The van der Waals surface area contributed by atoms with Gasteiger partial charge < -0.3 is 49.3 Å². The van der Waals surface area contributed by atoms with Crippen molar-refractivity contribution >= 4 is 24.0 Å². The highest BCUT2D eigenvalue weighted by Crippen LogP contribution is 2.41. The average molecular weight is 813 g/mol. The number of ether oxygens (including phenoxy) is 4. The molecule has 2 aliphatic heterocycles. The number of imidazole rings is 2. The van der Waals surface area contributed by atoms with Crippen molar-refractivity contribution in [3.8, 4) is 33.6 Å². The molecule has 2 unspecified atom stereocenters. The molecule has 16 nitrogen and oxygen atoms in total. The molecule has 2 fully saturated rings. The molecule has 4 heterocycles. The van der Waals surface area contributed by atoms with Crippen molar-refractivity contribution in [2.24, 2.45) is 11.8 Å². The number of amides is 4. The standard InChI is InChI=1S/C43H56N8O8/c1-9-59-43(58-8)21-34(51(24-43)40(53)36(26(4)5)49-42(55)57-7)38-45-23-32(47-38)30-18-14-28(15-19-30)27-12-16-29(17-13-27)31-22-44-37(46-31)33-11-10-20-50(33)39(52)35(25(2)3)48-41(54)56-6/h12-19,22-23,25-26,33-36H,9-11,20-21,24H2,1-8H3,(H,44,46)(H,45,47)(H,48,54)(H,49,55)/t33-,34-,35-,36?,43?/m0/s1. The number of benzene rings is 2. The third-order valence-corrected chi connectivity index (χ3v) is 11.2. The summed E-state index contributed by atoms with van der Waals surface area (Å²) in [6.07, 6.45) is 4.19. The van der Waals surface area contributed by atoms with E-state index in [9.17, 15) is 19.2 Å². The van der Waals surface area contributed by atoms with Crippen LogP contribution in [0.3, 0.4) is 0 Å². The number of hydrogen-bond donors (Lipinski definition) is 4. The van der Waals surface area contributed by atoms with Crippen LogP contribution >= 0.6 is 0 Å². The Kier molecular flexibility index (Phi) is 13.4. The van der Waals surface area contributed by atoms with Crippen LogP contribution in [-0.4, -0.2) is 113 Å². The molecule has 0 radical (unpaired) electrons. The van der Waals surface area contributed by atoms with E-state index in [1.807, 2.05) is 71.0 Å². The number of carbonyl (C=O) groups is 4. The first-order valence-electron chi connectivity index (χ1n) is 20.1. The van der Waals surface area contributed by atoms with Gasteiger partial charge in [-0.25, -0.2) is 19.6 Å².